The number of nitrogens with zero attached hydrogens (tertiary/aromatic N) is 3. The number of hydrogen-bond acceptors (Lipinski definition) is 11. The summed E-state index contributed by atoms with van der Waals surface area (Å²) in [5, 5.41) is 2.34. The van der Waals surface area contributed by atoms with E-state index in [9.17, 15) is 28.8 Å². The van der Waals surface area contributed by atoms with E-state index >= 15 is 0 Å². The number of rotatable bonds is 12. The molecular formula is C15H22N4O8S3. The maximum Gasteiger partial charge on any atom is 0.341 e. The third kappa shape index (κ3) is 7.60. The third-order valence-corrected chi connectivity index (χ3v) is 4.17. The Labute approximate surface area is 186 Å². The molecule has 168 valence electrons. The molecule has 1 amide bonds. The molecular weight excluding hydrogens is 460 g/mol. The van der Waals surface area contributed by atoms with Crippen molar-refractivity contribution in [2.75, 3.05) is 17.3 Å². The zero-order valence-corrected chi connectivity index (χ0v) is 18.5. The molecule has 1 rings (SSSR count). The maximum absolute atomic E-state index is 12.6. The highest BCUT2D eigenvalue weighted by Crippen LogP contribution is 1.92. The maximum atomic E-state index is 12.6. The topological polar surface area (TPSA) is 148 Å². The average Bonchev–Trinajstić information content (AvgIpc) is 2.68. The van der Waals surface area contributed by atoms with E-state index in [0.29, 0.717) is 13.7 Å². The van der Waals surface area contributed by atoms with Crippen LogP contribution in [0, 0.1) is 0 Å². The Hall–Kier alpha value is -2.13. The largest absolute Gasteiger partial charge is 0.443 e. The molecule has 0 saturated heterocycles. The van der Waals surface area contributed by atoms with Gasteiger partial charge in [-0.3, -0.25) is 14.4 Å². The van der Waals surface area contributed by atoms with Crippen molar-refractivity contribution in [1.82, 2.24) is 19.0 Å². The fraction of sp³-hybridized carbons (Fsp3) is 0.600. The second-order valence-electron chi connectivity index (χ2n) is 5.60. The molecule has 1 aromatic heterocycles. The highest BCUT2D eigenvalue weighted by Gasteiger charge is 2.18. The van der Waals surface area contributed by atoms with Gasteiger partial charge in [0.05, 0.1) is 12.8 Å². The van der Waals surface area contributed by atoms with Crippen molar-refractivity contribution < 1.29 is 23.9 Å². The quantitative estimate of drug-likeness (QED) is 0.202. The number of nitrogens with one attached hydrogen (secondary N) is 1. The van der Waals surface area contributed by atoms with Crippen LogP contribution in [-0.2, 0) is 44.0 Å². The van der Waals surface area contributed by atoms with Crippen molar-refractivity contribution in [3.05, 3.63) is 31.5 Å². The van der Waals surface area contributed by atoms with Crippen LogP contribution in [0.25, 0.3) is 0 Å². The molecule has 0 saturated carbocycles. The van der Waals surface area contributed by atoms with Gasteiger partial charge in [-0.15, -0.1) is 0 Å². The Bertz CT molecular complexity index is 790. The molecule has 0 aromatic carbocycles. The molecule has 0 aliphatic carbocycles. The summed E-state index contributed by atoms with van der Waals surface area (Å²) in [5.41, 5.74) is -3.39. The second kappa shape index (κ2) is 13.2. The van der Waals surface area contributed by atoms with E-state index in [1.165, 1.54) is 0 Å². The summed E-state index contributed by atoms with van der Waals surface area (Å²) < 4.78 is 11.2. The fourth-order valence-electron chi connectivity index (χ4n) is 2.00. The highest BCUT2D eigenvalue weighted by molar-refractivity contribution is 7.80. The number of carbonyl (C=O) groups excluding carboxylic acids is 3. The molecule has 1 heterocycles. The number of esters is 2. The molecule has 12 nitrogen and oxygen atoms in total. The van der Waals surface area contributed by atoms with Gasteiger partial charge in [0, 0.05) is 17.9 Å². The number of ether oxygens (including phenoxy) is 2. The molecule has 30 heavy (non-hydrogen) atoms. The standard InChI is InChI=1S/C15H22N4O8S3/c20-10(1-4-28)16-7-17-13(23)18(8-26-11(21)2-5-29)15(25)19(14(17)24)9-27-12(22)3-6-30/h28-30H,1-9H2,(H,16,20). The van der Waals surface area contributed by atoms with Crippen LogP contribution in [0.3, 0.4) is 0 Å². The molecule has 1 aromatic rings. The van der Waals surface area contributed by atoms with Gasteiger partial charge in [0.15, 0.2) is 13.5 Å². The van der Waals surface area contributed by atoms with Crippen LogP contribution in [0.15, 0.2) is 14.4 Å². The minimum atomic E-state index is -1.15. The summed E-state index contributed by atoms with van der Waals surface area (Å²) in [4.78, 5) is 72.4. The summed E-state index contributed by atoms with van der Waals surface area (Å²) in [6.45, 7) is -2.11. The van der Waals surface area contributed by atoms with Crippen LogP contribution < -0.4 is 22.4 Å². The van der Waals surface area contributed by atoms with Gasteiger partial charge in [-0.05, 0) is 5.75 Å². The smallest absolute Gasteiger partial charge is 0.341 e. The SMILES string of the molecule is O=C(CCS)NCn1c(=O)n(COC(=O)CCS)c(=O)n(COC(=O)CCS)c1=O. The minimum Gasteiger partial charge on any atom is -0.443 e. The number of amides is 1. The van der Waals surface area contributed by atoms with Crippen LogP contribution >= 0.6 is 37.9 Å². The minimum absolute atomic E-state index is 0.0361. The van der Waals surface area contributed by atoms with Gasteiger partial charge in [0.25, 0.3) is 0 Å². The number of thiol groups is 3. The van der Waals surface area contributed by atoms with Crippen molar-refractivity contribution in [3.8, 4) is 0 Å². The van der Waals surface area contributed by atoms with Crippen LogP contribution in [0.2, 0.25) is 0 Å². The molecule has 1 N–H and O–H groups in total. The van der Waals surface area contributed by atoms with E-state index in [1.807, 2.05) is 0 Å². The normalized spacial score (nSPS) is 10.5. The lowest BCUT2D eigenvalue weighted by Crippen LogP contribution is -2.56. The Morgan fingerprint density at radius 3 is 1.50 bits per heavy atom. The first-order chi connectivity index (χ1) is 14.3. The van der Waals surface area contributed by atoms with Crippen LogP contribution in [-0.4, -0.2) is 48.8 Å². The van der Waals surface area contributed by atoms with E-state index in [0.717, 1.165) is 0 Å². The zero-order valence-electron chi connectivity index (χ0n) is 15.8. The molecule has 0 fully saturated rings. The van der Waals surface area contributed by atoms with Gasteiger partial charge < -0.3 is 14.8 Å². The third-order valence-electron chi connectivity index (χ3n) is 3.50. The van der Waals surface area contributed by atoms with Crippen molar-refractivity contribution in [2.24, 2.45) is 0 Å². The summed E-state index contributed by atoms with van der Waals surface area (Å²) in [5.74, 6) is -1.30. The lowest BCUT2D eigenvalue weighted by atomic mass is 10.4. The predicted molar refractivity (Wildman–Crippen MR) is 115 cm³/mol. The number of carbonyl (C=O) groups is 3. The average molecular weight is 483 g/mol. The molecule has 15 heteroatoms. The summed E-state index contributed by atoms with van der Waals surface area (Å²) >= 11 is 11.7. The van der Waals surface area contributed by atoms with Gasteiger partial charge in [-0.25, -0.2) is 28.1 Å². The van der Waals surface area contributed by atoms with Gasteiger partial charge in [0.2, 0.25) is 5.91 Å². The van der Waals surface area contributed by atoms with E-state index in [2.05, 4.69) is 43.2 Å². The Balaban J connectivity index is 3.30. The first kappa shape index (κ1) is 25.9. The lowest BCUT2D eigenvalue weighted by molar-refractivity contribution is -0.147. The second-order valence-corrected chi connectivity index (χ2v) is 6.94. The molecule has 0 aliphatic heterocycles. The van der Waals surface area contributed by atoms with E-state index in [4.69, 9.17) is 9.47 Å². The molecule has 0 radical (unpaired) electrons. The zero-order chi connectivity index (χ0) is 22.7. The van der Waals surface area contributed by atoms with E-state index < -0.39 is 55.0 Å². The van der Waals surface area contributed by atoms with Crippen molar-refractivity contribution in [2.45, 2.75) is 39.4 Å². The van der Waals surface area contributed by atoms with Crippen LogP contribution in [0.1, 0.15) is 19.3 Å². The van der Waals surface area contributed by atoms with Crippen LogP contribution in [0.5, 0.6) is 0 Å². The van der Waals surface area contributed by atoms with Gasteiger partial charge >= 0.3 is 29.0 Å². The molecule has 0 bridgehead atoms. The lowest BCUT2D eigenvalue weighted by Gasteiger charge is -2.14. The first-order valence-corrected chi connectivity index (χ1v) is 10.5. The molecule has 0 spiro atoms. The Kier molecular flexibility index (Phi) is 11.4. The summed E-state index contributed by atoms with van der Waals surface area (Å²) in [6.07, 6.45) is -0.0893. The number of aromatic nitrogens is 3. The van der Waals surface area contributed by atoms with Gasteiger partial charge in [0.1, 0.15) is 6.67 Å². The Morgan fingerprint density at radius 2 is 1.10 bits per heavy atom. The fourth-order valence-corrected chi connectivity index (χ4v) is 2.56. The molecule has 0 unspecified atom stereocenters. The molecule has 0 aliphatic rings. The van der Waals surface area contributed by atoms with Crippen molar-refractivity contribution in [3.63, 3.8) is 0 Å². The molecule has 0 atom stereocenters. The summed E-state index contributed by atoms with van der Waals surface area (Å²) in [6, 6.07) is 0. The monoisotopic (exact) mass is 482 g/mol. The number of hydrogen-bond donors (Lipinski definition) is 4. The van der Waals surface area contributed by atoms with E-state index in [1.54, 1.807) is 0 Å². The van der Waals surface area contributed by atoms with Gasteiger partial charge in [-0.1, -0.05) is 0 Å². The summed E-state index contributed by atoms with van der Waals surface area (Å²) in [7, 11) is 0. The van der Waals surface area contributed by atoms with E-state index in [-0.39, 0.29) is 36.5 Å². The highest BCUT2D eigenvalue weighted by atomic mass is 32.1. The van der Waals surface area contributed by atoms with Crippen molar-refractivity contribution >= 4 is 55.7 Å². The van der Waals surface area contributed by atoms with Gasteiger partial charge in [-0.2, -0.15) is 37.9 Å². The van der Waals surface area contributed by atoms with Crippen LogP contribution in [0.4, 0.5) is 0 Å². The Morgan fingerprint density at radius 1 is 0.700 bits per heavy atom. The first-order valence-electron chi connectivity index (χ1n) is 8.61. The predicted octanol–water partition coefficient (Wildman–Crippen LogP) is -1.79. The van der Waals surface area contributed by atoms with Crippen molar-refractivity contribution in [1.29, 1.82) is 0 Å².